The molecule has 1 amide bonds. The predicted octanol–water partition coefficient (Wildman–Crippen LogP) is 1.63. The lowest BCUT2D eigenvalue weighted by Crippen LogP contribution is -2.45. The van der Waals surface area contributed by atoms with Crippen LogP contribution >= 0.6 is 0 Å². The highest BCUT2D eigenvalue weighted by Crippen LogP contribution is 2.34. The number of amides is 1. The summed E-state index contributed by atoms with van der Waals surface area (Å²) >= 11 is 0. The van der Waals surface area contributed by atoms with Gasteiger partial charge in [-0.25, -0.2) is 0 Å². The Balaban J connectivity index is 2.07. The molecule has 3 nitrogen and oxygen atoms in total. The first kappa shape index (κ1) is 11.9. The summed E-state index contributed by atoms with van der Waals surface area (Å²) in [6.45, 7) is 6.47. The maximum atomic E-state index is 12.3. The molecule has 1 saturated heterocycles. The van der Waals surface area contributed by atoms with Crippen LogP contribution in [-0.4, -0.2) is 37.0 Å². The Morgan fingerprint density at radius 1 is 1.38 bits per heavy atom. The molecule has 0 radical (unpaired) electrons. The highest BCUT2D eigenvalue weighted by molar-refractivity contribution is 5.82. The minimum atomic E-state index is 0.0422. The first-order valence-electron chi connectivity index (χ1n) is 6.48. The van der Waals surface area contributed by atoms with Crippen LogP contribution < -0.4 is 5.32 Å². The van der Waals surface area contributed by atoms with Gasteiger partial charge in [-0.15, -0.1) is 0 Å². The molecular formula is C13H24N2O. The molecule has 1 N–H and O–H groups in total. The molecule has 1 aliphatic heterocycles. The Kier molecular flexibility index (Phi) is 3.24. The third kappa shape index (κ3) is 2.76. The summed E-state index contributed by atoms with van der Waals surface area (Å²) in [7, 11) is 1.90. The SMILES string of the molecule is CNC1CCC(C)(C)CN(CC2CC2)C1=O. The van der Waals surface area contributed by atoms with Gasteiger partial charge in [0.2, 0.25) is 5.91 Å². The number of likely N-dealkylation sites (N-methyl/N-ethyl adjacent to an activating group) is 1. The number of rotatable bonds is 3. The van der Waals surface area contributed by atoms with Crippen LogP contribution in [0.5, 0.6) is 0 Å². The van der Waals surface area contributed by atoms with Crippen LogP contribution in [0.15, 0.2) is 0 Å². The van der Waals surface area contributed by atoms with E-state index in [4.69, 9.17) is 0 Å². The molecule has 2 rings (SSSR count). The van der Waals surface area contributed by atoms with Crippen LogP contribution in [0.4, 0.5) is 0 Å². The van der Waals surface area contributed by atoms with E-state index in [-0.39, 0.29) is 11.5 Å². The highest BCUT2D eigenvalue weighted by atomic mass is 16.2. The van der Waals surface area contributed by atoms with E-state index in [0.717, 1.165) is 31.8 Å². The van der Waals surface area contributed by atoms with Crippen molar-refractivity contribution in [3.05, 3.63) is 0 Å². The van der Waals surface area contributed by atoms with Gasteiger partial charge in [0.15, 0.2) is 0 Å². The number of nitrogens with zero attached hydrogens (tertiary/aromatic N) is 1. The maximum absolute atomic E-state index is 12.3. The van der Waals surface area contributed by atoms with Gasteiger partial charge >= 0.3 is 0 Å². The molecule has 1 unspecified atom stereocenters. The summed E-state index contributed by atoms with van der Waals surface area (Å²) in [5.41, 5.74) is 0.274. The minimum Gasteiger partial charge on any atom is -0.341 e. The largest absolute Gasteiger partial charge is 0.341 e. The molecule has 2 aliphatic rings. The Morgan fingerprint density at radius 3 is 2.62 bits per heavy atom. The molecular weight excluding hydrogens is 200 g/mol. The number of hydrogen-bond donors (Lipinski definition) is 1. The van der Waals surface area contributed by atoms with Crippen LogP contribution in [0.25, 0.3) is 0 Å². The predicted molar refractivity (Wildman–Crippen MR) is 65.2 cm³/mol. The molecule has 0 aromatic carbocycles. The Morgan fingerprint density at radius 2 is 2.06 bits per heavy atom. The molecule has 0 bridgehead atoms. The van der Waals surface area contributed by atoms with E-state index in [0.29, 0.717) is 5.91 Å². The van der Waals surface area contributed by atoms with E-state index in [1.807, 2.05) is 7.05 Å². The summed E-state index contributed by atoms with van der Waals surface area (Å²) < 4.78 is 0. The molecule has 1 saturated carbocycles. The average molecular weight is 224 g/mol. The lowest BCUT2D eigenvalue weighted by atomic mass is 9.87. The van der Waals surface area contributed by atoms with Gasteiger partial charge in [0.05, 0.1) is 6.04 Å². The van der Waals surface area contributed by atoms with Crippen molar-refractivity contribution in [1.82, 2.24) is 10.2 Å². The molecule has 2 fully saturated rings. The second-order valence-corrected chi connectivity index (χ2v) is 6.21. The first-order chi connectivity index (χ1) is 7.52. The van der Waals surface area contributed by atoms with Crippen LogP contribution in [0.3, 0.4) is 0 Å². The van der Waals surface area contributed by atoms with Crippen molar-refractivity contribution < 1.29 is 4.79 Å². The Hall–Kier alpha value is -0.570. The molecule has 16 heavy (non-hydrogen) atoms. The van der Waals surface area contributed by atoms with Gasteiger partial charge in [-0.05, 0) is 44.1 Å². The van der Waals surface area contributed by atoms with Crippen LogP contribution in [0.2, 0.25) is 0 Å². The third-order valence-corrected chi connectivity index (χ3v) is 3.86. The summed E-state index contributed by atoms with van der Waals surface area (Å²) in [5, 5.41) is 3.16. The van der Waals surface area contributed by atoms with Crippen LogP contribution in [0.1, 0.15) is 39.5 Å². The molecule has 0 aromatic rings. The highest BCUT2D eigenvalue weighted by Gasteiger charge is 2.36. The monoisotopic (exact) mass is 224 g/mol. The first-order valence-corrected chi connectivity index (χ1v) is 6.48. The van der Waals surface area contributed by atoms with E-state index in [1.165, 1.54) is 12.8 Å². The zero-order chi connectivity index (χ0) is 11.8. The molecule has 1 heterocycles. The smallest absolute Gasteiger partial charge is 0.239 e. The maximum Gasteiger partial charge on any atom is 0.239 e. The molecule has 0 spiro atoms. The Bertz CT molecular complexity index is 271. The average Bonchev–Trinajstić information content (AvgIpc) is 3.00. The van der Waals surface area contributed by atoms with Gasteiger partial charge in [0.1, 0.15) is 0 Å². The molecule has 3 heteroatoms. The van der Waals surface area contributed by atoms with Gasteiger partial charge in [-0.1, -0.05) is 13.8 Å². The van der Waals surface area contributed by atoms with Gasteiger partial charge in [0.25, 0.3) is 0 Å². The van der Waals surface area contributed by atoms with Crippen LogP contribution in [0, 0.1) is 11.3 Å². The quantitative estimate of drug-likeness (QED) is 0.790. The third-order valence-electron chi connectivity index (χ3n) is 3.86. The summed E-state index contributed by atoms with van der Waals surface area (Å²) in [4.78, 5) is 14.4. The lowest BCUT2D eigenvalue weighted by molar-refractivity contribution is -0.133. The van der Waals surface area contributed by atoms with E-state index in [1.54, 1.807) is 0 Å². The number of nitrogens with one attached hydrogen (secondary N) is 1. The summed E-state index contributed by atoms with van der Waals surface area (Å²) in [5.74, 6) is 1.11. The Labute approximate surface area is 98.6 Å². The fourth-order valence-electron chi connectivity index (χ4n) is 2.59. The molecule has 0 aromatic heterocycles. The standard InChI is InChI=1S/C13H24N2O/c1-13(2)7-6-11(14-3)12(16)15(9-13)8-10-4-5-10/h10-11,14H,4-9H2,1-3H3. The summed E-state index contributed by atoms with van der Waals surface area (Å²) in [6.07, 6.45) is 4.73. The lowest BCUT2D eigenvalue weighted by Gasteiger charge is -2.30. The van der Waals surface area contributed by atoms with Crippen molar-refractivity contribution >= 4 is 5.91 Å². The van der Waals surface area contributed by atoms with Crippen molar-refractivity contribution in [2.45, 2.75) is 45.6 Å². The van der Waals surface area contributed by atoms with Crippen molar-refractivity contribution in [3.8, 4) is 0 Å². The van der Waals surface area contributed by atoms with Crippen molar-refractivity contribution in [2.24, 2.45) is 11.3 Å². The van der Waals surface area contributed by atoms with Crippen molar-refractivity contribution in [3.63, 3.8) is 0 Å². The number of likely N-dealkylation sites (tertiary alicyclic amines) is 1. The molecule has 92 valence electrons. The fourth-order valence-corrected chi connectivity index (χ4v) is 2.59. The fraction of sp³-hybridized carbons (Fsp3) is 0.923. The van der Waals surface area contributed by atoms with E-state index in [2.05, 4.69) is 24.1 Å². The molecule has 1 atom stereocenters. The topological polar surface area (TPSA) is 32.3 Å². The number of carbonyl (C=O) groups is 1. The normalized spacial score (nSPS) is 30.3. The number of hydrogen-bond acceptors (Lipinski definition) is 2. The zero-order valence-corrected chi connectivity index (χ0v) is 10.8. The van der Waals surface area contributed by atoms with Gasteiger partial charge in [0, 0.05) is 13.1 Å². The van der Waals surface area contributed by atoms with Gasteiger partial charge in [-0.2, -0.15) is 0 Å². The van der Waals surface area contributed by atoms with Crippen molar-refractivity contribution in [1.29, 1.82) is 0 Å². The second kappa shape index (κ2) is 4.36. The second-order valence-electron chi connectivity index (χ2n) is 6.21. The molecule has 1 aliphatic carbocycles. The van der Waals surface area contributed by atoms with Gasteiger partial charge in [-0.3, -0.25) is 4.79 Å². The summed E-state index contributed by atoms with van der Waals surface area (Å²) in [6, 6.07) is 0.0422. The van der Waals surface area contributed by atoms with Crippen LogP contribution in [-0.2, 0) is 4.79 Å². The number of carbonyl (C=O) groups excluding carboxylic acids is 1. The zero-order valence-electron chi connectivity index (χ0n) is 10.8. The van der Waals surface area contributed by atoms with E-state index < -0.39 is 0 Å². The minimum absolute atomic E-state index is 0.0422. The van der Waals surface area contributed by atoms with E-state index >= 15 is 0 Å². The van der Waals surface area contributed by atoms with Crippen molar-refractivity contribution in [2.75, 3.05) is 20.1 Å². The van der Waals surface area contributed by atoms with E-state index in [9.17, 15) is 4.79 Å². The van der Waals surface area contributed by atoms with Gasteiger partial charge < -0.3 is 10.2 Å².